The van der Waals surface area contributed by atoms with Gasteiger partial charge in [-0.15, -0.1) is 0 Å². The van der Waals surface area contributed by atoms with Crippen LogP contribution in [-0.2, 0) is 9.59 Å². The lowest BCUT2D eigenvalue weighted by atomic mass is 9.94. The third kappa shape index (κ3) is 4.34. The first kappa shape index (κ1) is 22.2. The van der Waals surface area contributed by atoms with Gasteiger partial charge in [-0.25, -0.2) is 0 Å². The molecule has 0 aliphatic carbocycles. The van der Waals surface area contributed by atoms with Crippen LogP contribution in [-0.4, -0.2) is 57.7 Å². The molecular weight excluding hydrogens is 398 g/mol. The van der Waals surface area contributed by atoms with Crippen LogP contribution in [0, 0.1) is 10.1 Å². The summed E-state index contributed by atoms with van der Waals surface area (Å²) < 4.78 is 0. The number of hydrogen-bond donors (Lipinski definition) is 1. The van der Waals surface area contributed by atoms with Crippen molar-refractivity contribution in [3.63, 3.8) is 0 Å². The van der Waals surface area contributed by atoms with Gasteiger partial charge < -0.3 is 14.9 Å². The maximum absolute atomic E-state index is 13.0. The Morgan fingerprint density at radius 1 is 1.06 bits per heavy atom. The van der Waals surface area contributed by atoms with Gasteiger partial charge in [-0.1, -0.05) is 56.3 Å². The number of carbonyl (C=O) groups is 2. The molecule has 0 saturated carbocycles. The van der Waals surface area contributed by atoms with Gasteiger partial charge in [0.1, 0.15) is 5.76 Å². The first-order valence-electron chi connectivity index (χ1n) is 10.2. The zero-order valence-corrected chi connectivity index (χ0v) is 17.5. The molecule has 0 aromatic heterocycles. The Labute approximate surface area is 180 Å². The van der Waals surface area contributed by atoms with Crippen molar-refractivity contribution < 1.29 is 19.6 Å². The second-order valence-corrected chi connectivity index (χ2v) is 7.20. The number of Topliss-reactive ketones (excluding diaryl/α,β-unsaturated/α-hetero) is 1. The molecule has 1 saturated heterocycles. The Balaban J connectivity index is 2.17. The van der Waals surface area contributed by atoms with Crippen molar-refractivity contribution >= 4 is 23.1 Å². The molecular formula is C23H25N3O5. The predicted octanol–water partition coefficient (Wildman–Crippen LogP) is 3.36. The van der Waals surface area contributed by atoms with E-state index in [1.165, 1.54) is 23.1 Å². The Morgan fingerprint density at radius 3 is 2.29 bits per heavy atom. The topological polar surface area (TPSA) is 104 Å². The Kier molecular flexibility index (Phi) is 6.81. The highest BCUT2D eigenvalue weighted by molar-refractivity contribution is 6.46. The minimum Gasteiger partial charge on any atom is -0.507 e. The molecule has 1 fully saturated rings. The van der Waals surface area contributed by atoms with Gasteiger partial charge in [0.05, 0.1) is 22.1 Å². The van der Waals surface area contributed by atoms with Crippen molar-refractivity contribution in [3.05, 3.63) is 81.4 Å². The molecule has 0 unspecified atom stereocenters. The molecule has 0 spiro atoms. The van der Waals surface area contributed by atoms with Gasteiger partial charge in [0.2, 0.25) is 0 Å². The van der Waals surface area contributed by atoms with Crippen molar-refractivity contribution in [3.8, 4) is 0 Å². The van der Waals surface area contributed by atoms with E-state index in [0.29, 0.717) is 12.1 Å². The van der Waals surface area contributed by atoms with Gasteiger partial charge in [0.25, 0.3) is 17.4 Å². The van der Waals surface area contributed by atoms with E-state index >= 15 is 0 Å². The van der Waals surface area contributed by atoms with Crippen molar-refractivity contribution in [2.45, 2.75) is 19.9 Å². The highest BCUT2D eigenvalue weighted by Crippen LogP contribution is 2.42. The standard InChI is InChI=1S/C23H25N3O5/c1-3-24(4-2)14-15-25-20(17-12-8-9-13-18(17)26(30)31)19(22(28)23(25)29)21(27)16-10-6-5-7-11-16/h5-13,20,27H,3-4,14-15H2,1-2H3/b21-19-/t20-/m1/s1. The van der Waals surface area contributed by atoms with Crippen molar-refractivity contribution in [2.75, 3.05) is 26.2 Å². The van der Waals surface area contributed by atoms with E-state index in [0.717, 1.165) is 13.1 Å². The fraction of sp³-hybridized carbons (Fsp3) is 0.304. The predicted molar refractivity (Wildman–Crippen MR) is 116 cm³/mol. The van der Waals surface area contributed by atoms with Crippen LogP contribution < -0.4 is 0 Å². The summed E-state index contributed by atoms with van der Waals surface area (Å²) in [4.78, 5) is 40.5. The number of para-hydroxylation sites is 1. The average molecular weight is 423 g/mol. The van der Waals surface area contributed by atoms with Gasteiger partial charge in [-0.3, -0.25) is 19.7 Å². The highest BCUT2D eigenvalue weighted by Gasteiger charge is 2.47. The largest absolute Gasteiger partial charge is 0.507 e. The third-order valence-corrected chi connectivity index (χ3v) is 5.57. The molecule has 2 aromatic rings. The number of likely N-dealkylation sites (N-methyl/N-ethyl adjacent to an activating group) is 1. The lowest BCUT2D eigenvalue weighted by Gasteiger charge is -2.28. The molecule has 1 amide bonds. The van der Waals surface area contributed by atoms with E-state index in [-0.39, 0.29) is 29.1 Å². The molecule has 8 heteroatoms. The number of hydrogen-bond acceptors (Lipinski definition) is 6. The van der Waals surface area contributed by atoms with Gasteiger partial charge in [-0.05, 0) is 19.2 Å². The Hall–Kier alpha value is -3.52. The van der Waals surface area contributed by atoms with Gasteiger partial charge in [0.15, 0.2) is 0 Å². The molecule has 162 valence electrons. The lowest BCUT2D eigenvalue weighted by Crippen LogP contribution is -2.38. The molecule has 2 aromatic carbocycles. The lowest BCUT2D eigenvalue weighted by molar-refractivity contribution is -0.385. The number of ketones is 1. The van der Waals surface area contributed by atoms with Crippen LogP contribution in [0.5, 0.6) is 0 Å². The minimum atomic E-state index is -1.04. The maximum Gasteiger partial charge on any atom is 0.295 e. The van der Waals surface area contributed by atoms with Gasteiger partial charge in [-0.2, -0.15) is 0 Å². The van der Waals surface area contributed by atoms with Crippen LogP contribution in [0.25, 0.3) is 5.76 Å². The molecule has 1 N–H and O–H groups in total. The molecule has 1 aliphatic rings. The highest BCUT2D eigenvalue weighted by atomic mass is 16.6. The zero-order chi connectivity index (χ0) is 22.5. The monoisotopic (exact) mass is 423 g/mol. The summed E-state index contributed by atoms with van der Waals surface area (Å²) in [6.45, 7) is 6.22. The third-order valence-electron chi connectivity index (χ3n) is 5.57. The fourth-order valence-corrected chi connectivity index (χ4v) is 3.86. The number of benzene rings is 2. The average Bonchev–Trinajstić information content (AvgIpc) is 3.04. The number of carbonyl (C=O) groups excluding carboxylic acids is 2. The van der Waals surface area contributed by atoms with Crippen molar-refractivity contribution in [1.82, 2.24) is 9.80 Å². The Morgan fingerprint density at radius 2 is 1.68 bits per heavy atom. The van der Waals surface area contributed by atoms with Gasteiger partial charge >= 0.3 is 0 Å². The van der Waals surface area contributed by atoms with Crippen LogP contribution in [0.1, 0.15) is 31.0 Å². The van der Waals surface area contributed by atoms with Crippen LogP contribution in [0.15, 0.2) is 60.2 Å². The second-order valence-electron chi connectivity index (χ2n) is 7.20. The summed E-state index contributed by atoms with van der Waals surface area (Å²) in [5.74, 6) is -1.95. The normalized spacial score (nSPS) is 18.0. The van der Waals surface area contributed by atoms with E-state index in [4.69, 9.17) is 0 Å². The molecule has 1 atom stereocenters. The fourth-order valence-electron chi connectivity index (χ4n) is 3.86. The summed E-state index contributed by atoms with van der Waals surface area (Å²) in [5.41, 5.74) is 0.225. The van der Waals surface area contributed by atoms with Crippen LogP contribution >= 0.6 is 0 Å². The number of aliphatic hydroxyl groups excluding tert-OH is 1. The first-order chi connectivity index (χ1) is 14.9. The molecule has 1 aliphatic heterocycles. The maximum atomic E-state index is 13.0. The van der Waals surface area contributed by atoms with E-state index in [2.05, 4.69) is 4.90 Å². The number of likely N-dealkylation sites (tertiary alicyclic amines) is 1. The molecule has 1 heterocycles. The van der Waals surface area contributed by atoms with E-state index in [9.17, 15) is 24.8 Å². The van der Waals surface area contributed by atoms with Crippen molar-refractivity contribution in [1.29, 1.82) is 0 Å². The second kappa shape index (κ2) is 9.53. The van der Waals surface area contributed by atoms with E-state index in [1.54, 1.807) is 36.4 Å². The summed E-state index contributed by atoms with van der Waals surface area (Å²) >= 11 is 0. The Bertz CT molecular complexity index is 1010. The number of nitro benzene ring substituents is 1. The molecule has 0 radical (unpaired) electrons. The molecule has 8 nitrogen and oxygen atoms in total. The molecule has 0 bridgehead atoms. The quantitative estimate of drug-likeness (QED) is 0.230. The number of nitrogens with zero attached hydrogens (tertiary/aromatic N) is 3. The SMILES string of the molecule is CCN(CC)CCN1C(=O)C(=O)/C(=C(\O)c2ccccc2)[C@H]1c1ccccc1[N+](=O)[O-]. The summed E-state index contributed by atoms with van der Waals surface area (Å²) in [6.07, 6.45) is 0. The number of amides is 1. The number of rotatable bonds is 8. The summed E-state index contributed by atoms with van der Waals surface area (Å²) in [7, 11) is 0. The van der Waals surface area contributed by atoms with E-state index in [1.807, 2.05) is 13.8 Å². The number of nitro groups is 1. The van der Waals surface area contributed by atoms with Gasteiger partial charge in [0, 0.05) is 24.7 Å². The molecule has 3 rings (SSSR count). The molecule has 31 heavy (non-hydrogen) atoms. The van der Waals surface area contributed by atoms with E-state index < -0.39 is 22.7 Å². The summed E-state index contributed by atoms with van der Waals surface area (Å²) in [5, 5.41) is 22.6. The van der Waals surface area contributed by atoms with Crippen LogP contribution in [0.4, 0.5) is 5.69 Å². The first-order valence-corrected chi connectivity index (χ1v) is 10.2. The van der Waals surface area contributed by atoms with Crippen LogP contribution in [0.3, 0.4) is 0 Å². The number of aliphatic hydroxyl groups is 1. The minimum absolute atomic E-state index is 0.134. The van der Waals surface area contributed by atoms with Crippen molar-refractivity contribution in [2.24, 2.45) is 0 Å². The smallest absolute Gasteiger partial charge is 0.295 e. The van der Waals surface area contributed by atoms with Crippen LogP contribution in [0.2, 0.25) is 0 Å². The summed E-state index contributed by atoms with van der Waals surface area (Å²) in [6, 6.07) is 13.4. The zero-order valence-electron chi connectivity index (χ0n) is 17.5.